The zero-order chi connectivity index (χ0) is 9.84. The summed E-state index contributed by atoms with van der Waals surface area (Å²) in [6.45, 7) is 0. The maximum atomic E-state index is 11.4. The molecular formula is C9H15NO3. The van der Waals surface area contributed by atoms with Gasteiger partial charge in [-0.15, -0.1) is 0 Å². The Morgan fingerprint density at radius 2 is 2.00 bits per heavy atom. The Hall–Kier alpha value is -1.06. The lowest BCUT2D eigenvalue weighted by molar-refractivity contribution is -0.143. The van der Waals surface area contributed by atoms with Crippen LogP contribution in [0.4, 0.5) is 0 Å². The van der Waals surface area contributed by atoms with Gasteiger partial charge in [-0.25, -0.2) is 0 Å². The number of carbonyl (C=O) groups excluding carboxylic acids is 2. The standard InChI is InChI=1S/C9H15NO3/c1-10(7-3-4-7)8(11)5-6-9(12)13-2/h7H,3-6H2,1-2H3. The number of hydrogen-bond donors (Lipinski definition) is 0. The molecule has 0 unspecified atom stereocenters. The summed E-state index contributed by atoms with van der Waals surface area (Å²) in [6.07, 6.45) is 2.65. The highest BCUT2D eigenvalue weighted by Gasteiger charge is 2.29. The van der Waals surface area contributed by atoms with E-state index in [2.05, 4.69) is 4.74 Å². The highest BCUT2D eigenvalue weighted by molar-refractivity contribution is 5.81. The molecule has 0 bridgehead atoms. The van der Waals surface area contributed by atoms with Crippen molar-refractivity contribution in [3.63, 3.8) is 0 Å². The molecule has 0 aromatic carbocycles. The molecule has 1 aliphatic rings. The summed E-state index contributed by atoms with van der Waals surface area (Å²) in [5.41, 5.74) is 0. The van der Waals surface area contributed by atoms with E-state index in [-0.39, 0.29) is 24.7 Å². The zero-order valence-corrected chi connectivity index (χ0v) is 8.08. The fourth-order valence-corrected chi connectivity index (χ4v) is 1.15. The topological polar surface area (TPSA) is 46.6 Å². The predicted octanol–water partition coefficient (Wildman–Crippen LogP) is 0.560. The maximum Gasteiger partial charge on any atom is 0.306 e. The molecule has 1 saturated carbocycles. The van der Waals surface area contributed by atoms with Gasteiger partial charge in [-0.05, 0) is 12.8 Å². The van der Waals surface area contributed by atoms with E-state index in [0.29, 0.717) is 6.04 Å². The lowest BCUT2D eigenvalue weighted by atomic mass is 10.3. The van der Waals surface area contributed by atoms with Gasteiger partial charge in [0, 0.05) is 19.5 Å². The Morgan fingerprint density at radius 3 is 2.46 bits per heavy atom. The third-order valence-electron chi connectivity index (χ3n) is 2.26. The van der Waals surface area contributed by atoms with Crippen LogP contribution in [0.25, 0.3) is 0 Å². The second-order valence-electron chi connectivity index (χ2n) is 3.31. The molecule has 1 rings (SSSR count). The van der Waals surface area contributed by atoms with Gasteiger partial charge in [-0.2, -0.15) is 0 Å². The normalized spacial score (nSPS) is 15.2. The average Bonchev–Trinajstić information content (AvgIpc) is 2.95. The van der Waals surface area contributed by atoms with E-state index in [9.17, 15) is 9.59 Å². The smallest absolute Gasteiger partial charge is 0.306 e. The largest absolute Gasteiger partial charge is 0.469 e. The van der Waals surface area contributed by atoms with Crippen molar-refractivity contribution >= 4 is 11.9 Å². The van der Waals surface area contributed by atoms with Crippen molar-refractivity contribution in [1.82, 2.24) is 4.90 Å². The van der Waals surface area contributed by atoms with E-state index in [1.54, 1.807) is 11.9 Å². The summed E-state index contributed by atoms with van der Waals surface area (Å²) >= 11 is 0. The van der Waals surface area contributed by atoms with Gasteiger partial charge in [0.05, 0.1) is 13.5 Å². The number of amides is 1. The zero-order valence-electron chi connectivity index (χ0n) is 8.08. The van der Waals surface area contributed by atoms with Crippen LogP contribution < -0.4 is 0 Å². The Labute approximate surface area is 77.8 Å². The summed E-state index contributed by atoms with van der Waals surface area (Å²) in [5.74, 6) is -0.287. The minimum Gasteiger partial charge on any atom is -0.469 e. The second kappa shape index (κ2) is 4.25. The van der Waals surface area contributed by atoms with E-state index in [1.807, 2.05) is 0 Å². The van der Waals surface area contributed by atoms with E-state index in [1.165, 1.54) is 7.11 Å². The van der Waals surface area contributed by atoms with Crippen LogP contribution in [0, 0.1) is 0 Å². The van der Waals surface area contributed by atoms with Gasteiger partial charge in [0.15, 0.2) is 0 Å². The van der Waals surface area contributed by atoms with Gasteiger partial charge < -0.3 is 9.64 Å². The van der Waals surface area contributed by atoms with Gasteiger partial charge in [-0.3, -0.25) is 9.59 Å². The van der Waals surface area contributed by atoms with E-state index in [0.717, 1.165) is 12.8 Å². The molecule has 0 heterocycles. The van der Waals surface area contributed by atoms with Crippen LogP contribution >= 0.6 is 0 Å². The van der Waals surface area contributed by atoms with Crippen molar-refractivity contribution in [2.24, 2.45) is 0 Å². The first-order chi connectivity index (χ1) is 6.15. The van der Waals surface area contributed by atoms with Crippen molar-refractivity contribution in [2.75, 3.05) is 14.2 Å². The van der Waals surface area contributed by atoms with Gasteiger partial charge in [-0.1, -0.05) is 0 Å². The Kier molecular flexibility index (Phi) is 3.28. The number of ether oxygens (including phenoxy) is 1. The summed E-state index contributed by atoms with van der Waals surface area (Å²) in [5, 5.41) is 0. The number of esters is 1. The molecule has 0 radical (unpaired) electrons. The average molecular weight is 185 g/mol. The van der Waals surface area contributed by atoms with Crippen molar-refractivity contribution in [3.05, 3.63) is 0 Å². The Balaban J connectivity index is 2.20. The van der Waals surface area contributed by atoms with Crippen molar-refractivity contribution in [3.8, 4) is 0 Å². The molecule has 13 heavy (non-hydrogen) atoms. The molecule has 4 heteroatoms. The van der Waals surface area contributed by atoms with Crippen LogP contribution in [0.5, 0.6) is 0 Å². The lowest BCUT2D eigenvalue weighted by Gasteiger charge is -2.15. The van der Waals surface area contributed by atoms with E-state index in [4.69, 9.17) is 0 Å². The lowest BCUT2D eigenvalue weighted by Crippen LogP contribution is -2.29. The van der Waals surface area contributed by atoms with Crippen molar-refractivity contribution in [2.45, 2.75) is 31.7 Å². The van der Waals surface area contributed by atoms with E-state index >= 15 is 0 Å². The molecule has 0 N–H and O–H groups in total. The predicted molar refractivity (Wildman–Crippen MR) is 47.0 cm³/mol. The molecule has 1 amide bonds. The first-order valence-electron chi connectivity index (χ1n) is 4.47. The number of carbonyl (C=O) groups is 2. The molecule has 1 fully saturated rings. The highest BCUT2D eigenvalue weighted by Crippen LogP contribution is 2.25. The first-order valence-corrected chi connectivity index (χ1v) is 4.47. The Bertz CT molecular complexity index is 211. The molecule has 0 atom stereocenters. The fourth-order valence-electron chi connectivity index (χ4n) is 1.15. The molecule has 0 aliphatic heterocycles. The fraction of sp³-hybridized carbons (Fsp3) is 0.778. The molecule has 74 valence electrons. The summed E-state index contributed by atoms with van der Waals surface area (Å²) < 4.78 is 4.45. The maximum absolute atomic E-state index is 11.4. The number of methoxy groups -OCH3 is 1. The molecule has 0 aromatic rings. The van der Waals surface area contributed by atoms with Gasteiger partial charge >= 0.3 is 5.97 Å². The van der Waals surface area contributed by atoms with Crippen LogP contribution in [0.2, 0.25) is 0 Å². The summed E-state index contributed by atoms with van der Waals surface area (Å²) in [6, 6.07) is 0.421. The number of hydrogen-bond acceptors (Lipinski definition) is 3. The molecular weight excluding hydrogens is 170 g/mol. The monoisotopic (exact) mass is 185 g/mol. The Morgan fingerprint density at radius 1 is 1.38 bits per heavy atom. The van der Waals surface area contributed by atoms with Gasteiger partial charge in [0.2, 0.25) is 5.91 Å². The number of nitrogens with zero attached hydrogens (tertiary/aromatic N) is 1. The molecule has 0 saturated heterocycles. The SMILES string of the molecule is COC(=O)CCC(=O)N(C)C1CC1. The summed E-state index contributed by atoms with van der Waals surface area (Å²) in [4.78, 5) is 23.8. The van der Waals surface area contributed by atoms with Crippen LogP contribution in [0.1, 0.15) is 25.7 Å². The van der Waals surface area contributed by atoms with Gasteiger partial charge in [0.25, 0.3) is 0 Å². The summed E-state index contributed by atoms with van der Waals surface area (Å²) in [7, 11) is 3.12. The second-order valence-corrected chi connectivity index (χ2v) is 3.31. The molecule has 0 spiro atoms. The van der Waals surface area contributed by atoms with Crippen LogP contribution in [-0.4, -0.2) is 37.0 Å². The number of rotatable bonds is 4. The molecule has 1 aliphatic carbocycles. The molecule has 0 aromatic heterocycles. The van der Waals surface area contributed by atoms with E-state index < -0.39 is 0 Å². The van der Waals surface area contributed by atoms with Crippen molar-refractivity contribution in [1.29, 1.82) is 0 Å². The quantitative estimate of drug-likeness (QED) is 0.601. The minimum atomic E-state index is -0.322. The third-order valence-corrected chi connectivity index (χ3v) is 2.26. The van der Waals surface area contributed by atoms with Crippen LogP contribution in [0.3, 0.4) is 0 Å². The molecule has 4 nitrogen and oxygen atoms in total. The third kappa shape index (κ3) is 3.05. The first kappa shape index (κ1) is 10.0. The van der Waals surface area contributed by atoms with Crippen LogP contribution in [0.15, 0.2) is 0 Å². The minimum absolute atomic E-state index is 0.0351. The highest BCUT2D eigenvalue weighted by atomic mass is 16.5. The van der Waals surface area contributed by atoms with Crippen LogP contribution in [-0.2, 0) is 14.3 Å². The van der Waals surface area contributed by atoms with Gasteiger partial charge in [0.1, 0.15) is 0 Å². The van der Waals surface area contributed by atoms with Crippen molar-refractivity contribution < 1.29 is 14.3 Å².